The zero-order valence-electron chi connectivity index (χ0n) is 12.4. The smallest absolute Gasteiger partial charge is 0.146 e. The lowest BCUT2D eigenvalue weighted by molar-refractivity contribution is 0.0322. The van der Waals surface area contributed by atoms with Gasteiger partial charge in [0.15, 0.2) is 0 Å². The van der Waals surface area contributed by atoms with E-state index < -0.39 is 0 Å². The number of likely N-dealkylation sites (tertiary alicyclic amines) is 1. The van der Waals surface area contributed by atoms with Crippen LogP contribution in [0.2, 0.25) is 0 Å². The molecule has 6 heteroatoms. The molecule has 1 aromatic rings. The van der Waals surface area contributed by atoms with Gasteiger partial charge in [0.1, 0.15) is 12.2 Å². The first-order valence-electron chi connectivity index (χ1n) is 7.83. The summed E-state index contributed by atoms with van der Waals surface area (Å²) in [5.74, 6) is 6.91. The summed E-state index contributed by atoms with van der Waals surface area (Å²) in [7, 11) is 1.95. The number of nitrogens with one attached hydrogen (secondary N) is 1. The van der Waals surface area contributed by atoms with Gasteiger partial charge in [-0.3, -0.25) is 15.4 Å². The molecule has 1 saturated heterocycles. The van der Waals surface area contributed by atoms with Crippen LogP contribution in [0.1, 0.15) is 56.8 Å². The van der Waals surface area contributed by atoms with Crippen molar-refractivity contribution in [3.63, 3.8) is 0 Å². The molecule has 2 fully saturated rings. The number of hydrazine groups is 1. The third-order valence-electron chi connectivity index (χ3n) is 5.16. The number of aryl methyl sites for hydroxylation is 1. The standard InChI is InChI=1S/C14H26N6/c1-19-13(16-11-17-19)12(18-15)14(7-3-4-8-14)20-9-5-2-6-10-20/h11-12,18H,2-10,15H2,1H3. The van der Waals surface area contributed by atoms with E-state index in [9.17, 15) is 0 Å². The summed E-state index contributed by atoms with van der Waals surface area (Å²) >= 11 is 0. The number of hydrogen-bond acceptors (Lipinski definition) is 5. The van der Waals surface area contributed by atoms with Crippen molar-refractivity contribution in [3.8, 4) is 0 Å². The predicted octanol–water partition coefficient (Wildman–Crippen LogP) is 1.12. The molecule has 1 atom stereocenters. The van der Waals surface area contributed by atoms with Gasteiger partial charge in [-0.1, -0.05) is 19.3 Å². The molecule has 1 aliphatic carbocycles. The molecule has 20 heavy (non-hydrogen) atoms. The summed E-state index contributed by atoms with van der Waals surface area (Å²) in [5, 5.41) is 4.22. The lowest BCUT2D eigenvalue weighted by atomic mass is 9.84. The monoisotopic (exact) mass is 278 g/mol. The van der Waals surface area contributed by atoms with Gasteiger partial charge in [0, 0.05) is 12.6 Å². The molecule has 3 N–H and O–H groups in total. The fourth-order valence-corrected chi connectivity index (χ4v) is 4.15. The summed E-state index contributed by atoms with van der Waals surface area (Å²) in [6.45, 7) is 2.38. The second kappa shape index (κ2) is 5.79. The molecular formula is C14H26N6. The molecule has 6 nitrogen and oxygen atoms in total. The highest BCUT2D eigenvalue weighted by molar-refractivity contribution is 5.11. The van der Waals surface area contributed by atoms with Crippen molar-refractivity contribution in [2.24, 2.45) is 12.9 Å². The molecule has 0 bridgehead atoms. The summed E-state index contributed by atoms with van der Waals surface area (Å²) in [5.41, 5.74) is 3.18. The number of piperidine rings is 1. The van der Waals surface area contributed by atoms with E-state index in [0.29, 0.717) is 0 Å². The van der Waals surface area contributed by atoms with Crippen LogP contribution in [0.3, 0.4) is 0 Å². The predicted molar refractivity (Wildman–Crippen MR) is 77.7 cm³/mol. The molecule has 3 rings (SSSR count). The van der Waals surface area contributed by atoms with Crippen molar-refractivity contribution >= 4 is 0 Å². The molecule has 2 heterocycles. The van der Waals surface area contributed by atoms with E-state index in [1.54, 1.807) is 6.33 Å². The summed E-state index contributed by atoms with van der Waals surface area (Å²) in [6, 6.07) is 0.0654. The third-order valence-corrected chi connectivity index (χ3v) is 5.16. The Morgan fingerprint density at radius 2 is 1.90 bits per heavy atom. The fourth-order valence-electron chi connectivity index (χ4n) is 4.15. The van der Waals surface area contributed by atoms with E-state index in [0.717, 1.165) is 5.82 Å². The van der Waals surface area contributed by atoms with Gasteiger partial charge in [-0.05, 0) is 38.8 Å². The Balaban J connectivity index is 1.93. The Bertz CT molecular complexity index is 431. The largest absolute Gasteiger partial charge is 0.296 e. The molecule has 1 aliphatic heterocycles. The minimum atomic E-state index is 0.0654. The molecule has 1 saturated carbocycles. The van der Waals surface area contributed by atoms with Crippen LogP contribution in [-0.2, 0) is 7.05 Å². The molecule has 0 spiro atoms. The maximum atomic E-state index is 5.95. The average Bonchev–Trinajstić information content (AvgIpc) is 3.12. The number of rotatable bonds is 4. The van der Waals surface area contributed by atoms with Gasteiger partial charge in [-0.15, -0.1) is 0 Å². The van der Waals surface area contributed by atoms with Crippen LogP contribution in [0.4, 0.5) is 0 Å². The van der Waals surface area contributed by atoms with Gasteiger partial charge in [-0.2, -0.15) is 5.10 Å². The Hall–Kier alpha value is -0.980. The first-order chi connectivity index (χ1) is 9.78. The second-order valence-corrected chi connectivity index (χ2v) is 6.20. The molecule has 0 amide bonds. The number of aromatic nitrogens is 3. The van der Waals surface area contributed by atoms with Crippen LogP contribution >= 0.6 is 0 Å². The van der Waals surface area contributed by atoms with Gasteiger partial charge in [0.2, 0.25) is 0 Å². The van der Waals surface area contributed by atoms with E-state index in [-0.39, 0.29) is 11.6 Å². The number of nitrogens with two attached hydrogens (primary N) is 1. The Kier molecular flexibility index (Phi) is 4.05. The average molecular weight is 278 g/mol. The Labute approximate surface area is 120 Å². The quantitative estimate of drug-likeness (QED) is 0.638. The molecule has 2 aliphatic rings. The van der Waals surface area contributed by atoms with Crippen molar-refractivity contribution in [1.29, 1.82) is 0 Å². The van der Waals surface area contributed by atoms with Crippen molar-refractivity contribution in [3.05, 3.63) is 12.2 Å². The van der Waals surface area contributed by atoms with Crippen molar-refractivity contribution < 1.29 is 0 Å². The van der Waals surface area contributed by atoms with Crippen molar-refractivity contribution in [2.75, 3.05) is 13.1 Å². The first-order valence-corrected chi connectivity index (χ1v) is 7.83. The SMILES string of the molecule is Cn1ncnc1C(NN)C1(N2CCCCC2)CCCC1. The van der Waals surface area contributed by atoms with E-state index in [2.05, 4.69) is 20.4 Å². The van der Waals surface area contributed by atoms with Crippen LogP contribution in [-0.4, -0.2) is 38.3 Å². The second-order valence-electron chi connectivity index (χ2n) is 6.20. The fraction of sp³-hybridized carbons (Fsp3) is 0.857. The third kappa shape index (κ3) is 2.25. The first kappa shape index (κ1) is 14.0. The lowest BCUT2D eigenvalue weighted by Crippen LogP contribution is -2.58. The summed E-state index contributed by atoms with van der Waals surface area (Å²) in [4.78, 5) is 7.12. The van der Waals surface area contributed by atoms with E-state index >= 15 is 0 Å². The minimum absolute atomic E-state index is 0.0654. The molecule has 112 valence electrons. The minimum Gasteiger partial charge on any atom is -0.296 e. The zero-order valence-corrected chi connectivity index (χ0v) is 12.4. The van der Waals surface area contributed by atoms with Gasteiger partial charge < -0.3 is 0 Å². The normalized spacial score (nSPS) is 24.9. The van der Waals surface area contributed by atoms with E-state index in [1.165, 1.54) is 58.0 Å². The maximum absolute atomic E-state index is 5.95. The molecular weight excluding hydrogens is 252 g/mol. The van der Waals surface area contributed by atoms with E-state index in [1.807, 2.05) is 11.7 Å². The van der Waals surface area contributed by atoms with Crippen LogP contribution in [0, 0.1) is 0 Å². The lowest BCUT2D eigenvalue weighted by Gasteiger charge is -2.47. The molecule has 1 unspecified atom stereocenters. The zero-order chi connectivity index (χ0) is 14.0. The molecule has 0 aromatic carbocycles. The van der Waals surface area contributed by atoms with Gasteiger partial charge >= 0.3 is 0 Å². The summed E-state index contributed by atoms with van der Waals surface area (Å²) < 4.78 is 1.86. The van der Waals surface area contributed by atoms with Gasteiger partial charge in [0.05, 0.1) is 6.04 Å². The number of hydrogen-bond donors (Lipinski definition) is 2. The van der Waals surface area contributed by atoms with Crippen molar-refractivity contribution in [1.82, 2.24) is 25.1 Å². The van der Waals surface area contributed by atoms with Crippen LogP contribution in [0.15, 0.2) is 6.33 Å². The summed E-state index contributed by atoms with van der Waals surface area (Å²) in [6.07, 6.45) is 10.6. The maximum Gasteiger partial charge on any atom is 0.146 e. The number of nitrogens with zero attached hydrogens (tertiary/aromatic N) is 4. The topological polar surface area (TPSA) is 72.0 Å². The van der Waals surface area contributed by atoms with Crippen LogP contribution in [0.25, 0.3) is 0 Å². The highest BCUT2D eigenvalue weighted by Crippen LogP contribution is 2.44. The highest BCUT2D eigenvalue weighted by Gasteiger charge is 2.48. The highest BCUT2D eigenvalue weighted by atomic mass is 15.4. The Morgan fingerprint density at radius 1 is 1.20 bits per heavy atom. The molecule has 0 radical (unpaired) electrons. The van der Waals surface area contributed by atoms with Crippen LogP contribution < -0.4 is 11.3 Å². The van der Waals surface area contributed by atoms with Crippen LogP contribution in [0.5, 0.6) is 0 Å². The molecule has 1 aromatic heterocycles. The van der Waals surface area contributed by atoms with Crippen molar-refractivity contribution in [2.45, 2.75) is 56.5 Å². The van der Waals surface area contributed by atoms with E-state index in [4.69, 9.17) is 5.84 Å². The Morgan fingerprint density at radius 3 is 2.45 bits per heavy atom. The van der Waals surface area contributed by atoms with Gasteiger partial charge in [-0.25, -0.2) is 10.4 Å². The van der Waals surface area contributed by atoms with Gasteiger partial charge in [0.25, 0.3) is 0 Å².